The highest BCUT2D eigenvalue weighted by molar-refractivity contribution is 7.07. The normalized spacial score (nSPS) is 14.9. The van der Waals surface area contributed by atoms with Crippen molar-refractivity contribution in [1.82, 2.24) is 4.57 Å². The zero-order chi connectivity index (χ0) is 28.1. The molecule has 0 fully saturated rings. The van der Waals surface area contributed by atoms with Crippen LogP contribution in [0.4, 0.5) is 0 Å². The maximum absolute atomic E-state index is 13.8. The summed E-state index contributed by atoms with van der Waals surface area (Å²) in [6, 6.07) is 24.3. The summed E-state index contributed by atoms with van der Waals surface area (Å²) < 4.78 is 19.2. The maximum atomic E-state index is 13.8. The molecule has 0 N–H and O–H groups in total. The fourth-order valence-corrected chi connectivity index (χ4v) is 5.60. The molecule has 4 aromatic rings. The molecule has 3 aromatic carbocycles. The molecular formula is C32H30N2O5S. The number of aromatic nitrogens is 1. The van der Waals surface area contributed by atoms with E-state index in [1.165, 1.54) is 16.9 Å². The van der Waals surface area contributed by atoms with Crippen molar-refractivity contribution in [1.29, 1.82) is 0 Å². The van der Waals surface area contributed by atoms with E-state index in [-0.39, 0.29) is 12.2 Å². The second kappa shape index (κ2) is 12.2. The molecule has 0 saturated carbocycles. The maximum Gasteiger partial charge on any atom is 0.338 e. The van der Waals surface area contributed by atoms with Crippen LogP contribution in [0, 0.1) is 6.92 Å². The molecule has 5 rings (SSSR count). The topological polar surface area (TPSA) is 79.1 Å². The van der Waals surface area contributed by atoms with Gasteiger partial charge in [0.1, 0.15) is 24.7 Å². The van der Waals surface area contributed by atoms with E-state index in [1.807, 2.05) is 91.9 Å². The summed E-state index contributed by atoms with van der Waals surface area (Å²) in [7, 11) is 0. The number of allylic oxidation sites excluding steroid dienone is 1. The SMILES string of the molecule is CCOC(=O)C1=C(C)N=c2s/c(=C/c3ccccc3OCCOc3ccc(C)cc3)c(=O)n2[C@@H]1c1ccccc1. The van der Waals surface area contributed by atoms with Crippen LogP contribution in [0.5, 0.6) is 11.5 Å². The minimum absolute atomic E-state index is 0.231. The molecule has 2 heterocycles. The average molecular weight is 555 g/mol. The van der Waals surface area contributed by atoms with E-state index in [0.717, 1.165) is 16.9 Å². The van der Waals surface area contributed by atoms with Gasteiger partial charge in [-0.25, -0.2) is 9.79 Å². The van der Waals surface area contributed by atoms with Gasteiger partial charge in [0.2, 0.25) is 0 Å². The number of carbonyl (C=O) groups excluding carboxylic acids is 1. The number of ether oxygens (including phenoxy) is 3. The Bertz CT molecular complexity index is 1720. The van der Waals surface area contributed by atoms with Gasteiger partial charge in [0, 0.05) is 5.56 Å². The highest BCUT2D eigenvalue weighted by Gasteiger charge is 2.33. The van der Waals surface area contributed by atoms with Gasteiger partial charge in [-0.1, -0.05) is 77.6 Å². The molecule has 40 heavy (non-hydrogen) atoms. The van der Waals surface area contributed by atoms with Crippen LogP contribution in [0.25, 0.3) is 6.08 Å². The van der Waals surface area contributed by atoms with Crippen molar-refractivity contribution >= 4 is 23.4 Å². The van der Waals surface area contributed by atoms with Gasteiger partial charge >= 0.3 is 5.97 Å². The molecular weight excluding hydrogens is 524 g/mol. The van der Waals surface area contributed by atoms with Crippen LogP contribution in [0.15, 0.2) is 99.9 Å². The fourth-order valence-electron chi connectivity index (χ4n) is 4.56. The van der Waals surface area contributed by atoms with Gasteiger partial charge in [0.05, 0.1) is 28.5 Å². The molecule has 7 nitrogen and oxygen atoms in total. The summed E-state index contributed by atoms with van der Waals surface area (Å²) in [6.07, 6.45) is 1.81. The molecule has 0 amide bonds. The van der Waals surface area contributed by atoms with E-state index in [0.29, 0.717) is 39.6 Å². The monoisotopic (exact) mass is 554 g/mol. The van der Waals surface area contributed by atoms with Crippen molar-refractivity contribution in [2.45, 2.75) is 26.8 Å². The van der Waals surface area contributed by atoms with Crippen LogP contribution in [0.3, 0.4) is 0 Å². The second-order valence-electron chi connectivity index (χ2n) is 9.26. The highest BCUT2D eigenvalue weighted by atomic mass is 32.1. The fraction of sp³-hybridized carbons (Fsp3) is 0.219. The van der Waals surface area contributed by atoms with Crippen LogP contribution in [-0.2, 0) is 9.53 Å². The number of hydrogen-bond acceptors (Lipinski definition) is 7. The molecule has 0 aliphatic carbocycles. The number of thiazole rings is 1. The molecule has 1 aromatic heterocycles. The van der Waals surface area contributed by atoms with Crippen molar-refractivity contribution in [3.05, 3.63) is 127 Å². The van der Waals surface area contributed by atoms with Crippen molar-refractivity contribution in [3.8, 4) is 11.5 Å². The molecule has 0 bridgehead atoms. The van der Waals surface area contributed by atoms with Gasteiger partial charge in [-0.3, -0.25) is 9.36 Å². The lowest BCUT2D eigenvalue weighted by molar-refractivity contribution is -0.139. The third-order valence-electron chi connectivity index (χ3n) is 6.47. The predicted molar refractivity (Wildman–Crippen MR) is 155 cm³/mol. The van der Waals surface area contributed by atoms with E-state index in [9.17, 15) is 9.59 Å². The minimum Gasteiger partial charge on any atom is -0.490 e. The van der Waals surface area contributed by atoms with Crippen molar-refractivity contribution < 1.29 is 19.0 Å². The summed E-state index contributed by atoms with van der Waals surface area (Å²) in [5.74, 6) is 0.955. The zero-order valence-corrected chi connectivity index (χ0v) is 23.4. The van der Waals surface area contributed by atoms with Crippen LogP contribution in [0.2, 0.25) is 0 Å². The molecule has 8 heteroatoms. The van der Waals surface area contributed by atoms with Gasteiger partial charge in [-0.2, -0.15) is 0 Å². The van der Waals surface area contributed by atoms with Crippen molar-refractivity contribution in [3.63, 3.8) is 0 Å². The van der Waals surface area contributed by atoms with Crippen LogP contribution < -0.4 is 24.4 Å². The largest absolute Gasteiger partial charge is 0.490 e. The van der Waals surface area contributed by atoms with Gasteiger partial charge in [-0.15, -0.1) is 0 Å². The highest BCUT2D eigenvalue weighted by Crippen LogP contribution is 2.30. The molecule has 0 saturated heterocycles. The first-order valence-electron chi connectivity index (χ1n) is 13.1. The number of rotatable bonds is 9. The van der Waals surface area contributed by atoms with Crippen LogP contribution >= 0.6 is 11.3 Å². The number of fused-ring (bicyclic) bond motifs is 1. The molecule has 0 radical (unpaired) electrons. The minimum atomic E-state index is -0.635. The quantitative estimate of drug-likeness (QED) is 0.224. The Morgan fingerprint density at radius 1 is 0.950 bits per heavy atom. The van der Waals surface area contributed by atoms with E-state index < -0.39 is 12.0 Å². The van der Waals surface area contributed by atoms with Gasteiger partial charge in [-0.05, 0) is 50.6 Å². The van der Waals surface area contributed by atoms with Crippen molar-refractivity contribution in [2.75, 3.05) is 19.8 Å². The molecule has 1 atom stereocenters. The summed E-state index contributed by atoms with van der Waals surface area (Å²) in [5, 5.41) is 0. The Morgan fingerprint density at radius 3 is 2.40 bits per heavy atom. The lowest BCUT2D eigenvalue weighted by atomic mass is 9.96. The Labute approximate surface area is 236 Å². The third kappa shape index (κ3) is 5.77. The number of hydrogen-bond donors (Lipinski definition) is 0. The number of para-hydroxylation sites is 1. The summed E-state index contributed by atoms with van der Waals surface area (Å²) in [4.78, 5) is 32.0. The van der Waals surface area contributed by atoms with E-state index in [4.69, 9.17) is 14.2 Å². The standard InChI is InChI=1S/C32H30N2O5S/c1-4-37-31(36)28-22(3)33-32-34(29(28)23-10-6-5-7-11-23)30(35)27(40-32)20-24-12-8-9-13-26(24)39-19-18-38-25-16-14-21(2)15-17-25/h5-17,20,29H,4,18-19H2,1-3H3/b27-20+/t29-/m1/s1. The number of nitrogens with zero attached hydrogens (tertiary/aromatic N) is 2. The first kappa shape index (κ1) is 27.1. The second-order valence-corrected chi connectivity index (χ2v) is 10.3. The lowest BCUT2D eigenvalue weighted by Crippen LogP contribution is -2.39. The molecule has 0 spiro atoms. The lowest BCUT2D eigenvalue weighted by Gasteiger charge is -2.24. The van der Waals surface area contributed by atoms with E-state index in [1.54, 1.807) is 18.4 Å². The first-order valence-corrected chi connectivity index (χ1v) is 13.9. The molecule has 1 aliphatic heterocycles. The smallest absolute Gasteiger partial charge is 0.338 e. The van der Waals surface area contributed by atoms with Gasteiger partial charge in [0.25, 0.3) is 5.56 Å². The third-order valence-corrected chi connectivity index (χ3v) is 7.45. The zero-order valence-electron chi connectivity index (χ0n) is 22.6. The Balaban J connectivity index is 1.47. The van der Waals surface area contributed by atoms with Gasteiger partial charge < -0.3 is 14.2 Å². The van der Waals surface area contributed by atoms with Crippen LogP contribution in [0.1, 0.15) is 36.6 Å². The molecule has 0 unspecified atom stereocenters. The number of aryl methyl sites for hydroxylation is 1. The summed E-state index contributed by atoms with van der Waals surface area (Å²) >= 11 is 1.28. The Morgan fingerprint density at radius 2 is 1.65 bits per heavy atom. The number of benzene rings is 3. The van der Waals surface area contributed by atoms with Crippen molar-refractivity contribution in [2.24, 2.45) is 4.99 Å². The summed E-state index contributed by atoms with van der Waals surface area (Å²) in [5.41, 5.74) is 3.42. The average Bonchev–Trinajstić information content (AvgIpc) is 3.26. The van der Waals surface area contributed by atoms with Crippen LogP contribution in [-0.4, -0.2) is 30.4 Å². The van der Waals surface area contributed by atoms with E-state index in [2.05, 4.69) is 4.99 Å². The molecule has 1 aliphatic rings. The summed E-state index contributed by atoms with van der Waals surface area (Å²) in [6.45, 7) is 6.52. The molecule has 204 valence electrons. The number of esters is 1. The Hall–Kier alpha value is -4.43. The number of carbonyl (C=O) groups is 1. The van der Waals surface area contributed by atoms with E-state index >= 15 is 0 Å². The first-order chi connectivity index (χ1) is 19.5. The predicted octanol–water partition coefficient (Wildman–Crippen LogP) is 4.56. The van der Waals surface area contributed by atoms with Gasteiger partial charge in [0.15, 0.2) is 4.80 Å². The Kier molecular flexibility index (Phi) is 8.26.